The molecule has 4 aliphatic heterocycles. The van der Waals surface area contributed by atoms with E-state index in [4.69, 9.17) is 9.47 Å². The van der Waals surface area contributed by atoms with E-state index in [1.54, 1.807) is 16.7 Å². The number of esters is 1. The number of likely N-dealkylation sites (tertiary alicyclic amines) is 1. The van der Waals surface area contributed by atoms with Crippen LogP contribution in [0.4, 0.5) is 0 Å². The summed E-state index contributed by atoms with van der Waals surface area (Å²) < 4.78 is 13.5. The molecule has 4 heterocycles. The molecular formula is C38H44BrN3O7. The molecule has 7 atom stereocenters. The number of nitrogens with zero attached hydrogens (tertiary/aromatic N) is 2. The standard InChI is InChI=1S/C38H44BrN3O7/c1-25-32(27-17-9-5-10-18-27)48-37(47)30-31-35(45)42(21-13-2-3-14-22-43)34(38(31)23-28(39)33(30)49-38)36(46)41(24-26-15-7-4-8-16-26)20-12-6-11-19-29(44)40-25/h4-10,12,15-18,23,25,30-34,43H,2-3,11,13-14,19-22,24H2,1H3,(H,40,44)/b12-6-/t25-,30+,31-,32+,33+,34+,38-/m0/s1. The summed E-state index contributed by atoms with van der Waals surface area (Å²) in [5, 5.41) is 12.3. The molecular weight excluding hydrogens is 690 g/mol. The third kappa shape index (κ3) is 7.11. The van der Waals surface area contributed by atoms with Crippen molar-refractivity contribution in [3.05, 3.63) is 94.5 Å². The monoisotopic (exact) mass is 733 g/mol. The van der Waals surface area contributed by atoms with Gasteiger partial charge in [-0.15, -0.1) is 0 Å². The molecule has 2 aromatic carbocycles. The van der Waals surface area contributed by atoms with E-state index < -0.39 is 47.7 Å². The summed E-state index contributed by atoms with van der Waals surface area (Å²) in [6, 6.07) is 17.3. The minimum atomic E-state index is -1.37. The van der Waals surface area contributed by atoms with Gasteiger partial charge in [0, 0.05) is 37.1 Å². The SMILES string of the molecule is C[C@@H]1NC(=O)CC/C=C\CN(Cc2ccccc2)C(=O)[C@H]2N(CCCCCCO)C(=O)[C@@H]3[C@@H](C(=O)O[C@H]1c1ccccc1)[C@@H]1O[C@@]32C=C1Br. The first kappa shape index (κ1) is 35.0. The first-order valence-corrected chi connectivity index (χ1v) is 18.0. The van der Waals surface area contributed by atoms with E-state index in [9.17, 15) is 24.3 Å². The fourth-order valence-corrected chi connectivity index (χ4v) is 8.44. The van der Waals surface area contributed by atoms with Gasteiger partial charge in [-0.25, -0.2) is 0 Å². The number of aliphatic hydroxyl groups is 1. The van der Waals surface area contributed by atoms with Crippen LogP contribution < -0.4 is 5.32 Å². The van der Waals surface area contributed by atoms with Gasteiger partial charge in [0.1, 0.15) is 29.8 Å². The van der Waals surface area contributed by atoms with Gasteiger partial charge in [0.05, 0.1) is 12.0 Å². The van der Waals surface area contributed by atoms with Gasteiger partial charge >= 0.3 is 5.97 Å². The van der Waals surface area contributed by atoms with Crippen LogP contribution in [0.5, 0.6) is 0 Å². The number of aliphatic hydroxyl groups excluding tert-OH is 1. The Hall–Kier alpha value is -3.80. The summed E-state index contributed by atoms with van der Waals surface area (Å²) in [6.45, 7) is 2.77. The van der Waals surface area contributed by atoms with E-state index in [0.717, 1.165) is 18.4 Å². The zero-order valence-electron chi connectivity index (χ0n) is 27.7. The van der Waals surface area contributed by atoms with Gasteiger partial charge in [0.25, 0.3) is 0 Å². The fraction of sp³-hybridized carbons (Fsp3) is 0.474. The number of benzene rings is 2. The van der Waals surface area contributed by atoms with Crippen molar-refractivity contribution in [1.82, 2.24) is 15.1 Å². The number of allylic oxidation sites excluding steroid dienone is 1. The lowest BCUT2D eigenvalue weighted by molar-refractivity contribution is -0.161. The molecule has 2 N–H and O–H groups in total. The molecule has 10 nitrogen and oxygen atoms in total. The van der Waals surface area contributed by atoms with Gasteiger partial charge in [-0.2, -0.15) is 0 Å². The Labute approximate surface area is 295 Å². The largest absolute Gasteiger partial charge is 0.455 e. The van der Waals surface area contributed by atoms with Crippen LogP contribution >= 0.6 is 15.9 Å². The Morgan fingerprint density at radius 1 is 0.918 bits per heavy atom. The first-order valence-electron chi connectivity index (χ1n) is 17.2. The Balaban J connectivity index is 1.41. The van der Waals surface area contributed by atoms with Crippen molar-refractivity contribution in [3.8, 4) is 0 Å². The Bertz CT molecular complexity index is 1580. The fourth-order valence-electron chi connectivity index (χ4n) is 7.70. The van der Waals surface area contributed by atoms with Gasteiger partial charge < -0.3 is 29.7 Å². The van der Waals surface area contributed by atoms with Gasteiger partial charge in [-0.3, -0.25) is 19.2 Å². The predicted octanol–water partition coefficient (Wildman–Crippen LogP) is 4.58. The van der Waals surface area contributed by atoms with Crippen LogP contribution in [0.3, 0.4) is 0 Å². The van der Waals surface area contributed by atoms with Gasteiger partial charge in [0.2, 0.25) is 17.7 Å². The second-order valence-corrected chi connectivity index (χ2v) is 14.3. The molecule has 6 rings (SSSR count). The minimum absolute atomic E-state index is 0.0982. The third-order valence-electron chi connectivity index (χ3n) is 10.0. The van der Waals surface area contributed by atoms with Crippen LogP contribution in [0, 0.1) is 11.8 Å². The summed E-state index contributed by atoms with van der Waals surface area (Å²) in [6.07, 6.45) is 7.54. The lowest BCUT2D eigenvalue weighted by atomic mass is 9.74. The molecule has 2 fully saturated rings. The highest BCUT2D eigenvalue weighted by atomic mass is 79.9. The Morgan fingerprint density at radius 3 is 2.37 bits per heavy atom. The molecule has 0 saturated carbocycles. The van der Waals surface area contributed by atoms with Crippen molar-refractivity contribution < 1.29 is 33.8 Å². The number of halogens is 1. The zero-order valence-corrected chi connectivity index (χ0v) is 29.3. The number of carbonyl (C=O) groups excluding carboxylic acids is 4. The maximum Gasteiger partial charge on any atom is 0.313 e. The average molecular weight is 735 g/mol. The highest BCUT2D eigenvalue weighted by Gasteiger charge is 2.74. The van der Waals surface area contributed by atoms with Crippen molar-refractivity contribution in [2.75, 3.05) is 19.7 Å². The van der Waals surface area contributed by atoms with Crippen LogP contribution in [0.2, 0.25) is 0 Å². The van der Waals surface area contributed by atoms with Gasteiger partial charge in [0.15, 0.2) is 0 Å². The van der Waals surface area contributed by atoms with E-state index in [1.807, 2.05) is 78.9 Å². The molecule has 2 saturated heterocycles. The molecule has 260 valence electrons. The maximum atomic E-state index is 14.9. The van der Waals surface area contributed by atoms with Crippen LogP contribution in [0.15, 0.2) is 83.4 Å². The van der Waals surface area contributed by atoms with Crippen molar-refractivity contribution in [3.63, 3.8) is 0 Å². The number of carbonyl (C=O) groups is 4. The second kappa shape index (κ2) is 15.4. The average Bonchev–Trinajstić information content (AvgIpc) is 3.69. The summed E-state index contributed by atoms with van der Waals surface area (Å²) in [5.74, 6) is -3.36. The van der Waals surface area contributed by atoms with Crippen molar-refractivity contribution in [2.24, 2.45) is 11.8 Å². The smallest absolute Gasteiger partial charge is 0.313 e. The molecule has 0 aromatic heterocycles. The van der Waals surface area contributed by atoms with Gasteiger partial charge in [-0.05, 0) is 43.4 Å². The molecule has 3 amide bonds. The maximum absolute atomic E-state index is 14.9. The topological polar surface area (TPSA) is 125 Å². The quantitative estimate of drug-likeness (QED) is 0.220. The molecule has 5 bridgehead atoms. The summed E-state index contributed by atoms with van der Waals surface area (Å²) >= 11 is 3.63. The van der Waals surface area contributed by atoms with Crippen molar-refractivity contribution in [2.45, 2.75) is 81.9 Å². The molecule has 4 aliphatic rings. The van der Waals surface area contributed by atoms with E-state index >= 15 is 0 Å². The van der Waals surface area contributed by atoms with Crippen LogP contribution in [0.25, 0.3) is 0 Å². The third-order valence-corrected chi connectivity index (χ3v) is 10.7. The van der Waals surface area contributed by atoms with Crippen LogP contribution in [-0.2, 0) is 35.2 Å². The number of cyclic esters (lactones) is 1. The molecule has 2 aromatic rings. The molecule has 0 unspecified atom stereocenters. The number of amides is 3. The predicted molar refractivity (Wildman–Crippen MR) is 186 cm³/mol. The minimum Gasteiger partial charge on any atom is -0.455 e. The lowest BCUT2D eigenvalue weighted by Crippen LogP contribution is -2.55. The highest BCUT2D eigenvalue weighted by molar-refractivity contribution is 9.11. The number of hydrogen-bond acceptors (Lipinski definition) is 7. The lowest BCUT2D eigenvalue weighted by Gasteiger charge is -2.36. The van der Waals surface area contributed by atoms with E-state index in [0.29, 0.717) is 42.4 Å². The number of hydrogen-bond donors (Lipinski definition) is 2. The molecule has 49 heavy (non-hydrogen) atoms. The number of ether oxygens (including phenoxy) is 2. The number of unbranched alkanes of at least 4 members (excludes halogenated alkanes) is 3. The number of fused-ring (bicyclic) bond motifs is 2. The van der Waals surface area contributed by atoms with Gasteiger partial charge in [-0.1, -0.05) is 102 Å². The van der Waals surface area contributed by atoms with E-state index in [-0.39, 0.29) is 37.3 Å². The molecule has 11 heteroatoms. The van der Waals surface area contributed by atoms with Crippen LogP contribution in [-0.4, -0.2) is 82.1 Å². The highest BCUT2D eigenvalue weighted by Crippen LogP contribution is 2.59. The Morgan fingerprint density at radius 2 is 1.63 bits per heavy atom. The van der Waals surface area contributed by atoms with Crippen LogP contribution in [0.1, 0.15) is 62.7 Å². The summed E-state index contributed by atoms with van der Waals surface area (Å²) in [5.41, 5.74) is 0.266. The molecule has 0 aliphatic carbocycles. The molecule has 1 spiro atoms. The van der Waals surface area contributed by atoms with E-state index in [2.05, 4.69) is 21.2 Å². The summed E-state index contributed by atoms with van der Waals surface area (Å²) in [4.78, 5) is 60.2. The number of nitrogens with one attached hydrogen (secondary N) is 1. The van der Waals surface area contributed by atoms with E-state index in [1.165, 1.54) is 0 Å². The summed E-state index contributed by atoms with van der Waals surface area (Å²) in [7, 11) is 0. The second-order valence-electron chi connectivity index (χ2n) is 13.3. The van der Waals surface area contributed by atoms with Crippen molar-refractivity contribution in [1.29, 1.82) is 0 Å². The number of rotatable bonds is 9. The first-order chi connectivity index (χ1) is 23.7. The zero-order chi connectivity index (χ0) is 34.5. The van der Waals surface area contributed by atoms with Crippen molar-refractivity contribution >= 4 is 39.6 Å². The normalized spacial score (nSPS) is 31.0. The Kier molecular flexibility index (Phi) is 11.0. The molecule has 0 radical (unpaired) electrons.